The summed E-state index contributed by atoms with van der Waals surface area (Å²) in [6.45, 7) is 2.19. The lowest BCUT2D eigenvalue weighted by Gasteiger charge is -2.08. The lowest BCUT2D eigenvalue weighted by molar-refractivity contribution is -0.384. The Morgan fingerprint density at radius 1 is 1.41 bits per heavy atom. The second kappa shape index (κ2) is 9.01. The number of ether oxygens (including phenoxy) is 1. The van der Waals surface area contributed by atoms with Crippen LogP contribution < -0.4 is 10.1 Å². The first-order valence-electron chi connectivity index (χ1n) is 8.17. The number of amidine groups is 1. The first-order chi connectivity index (χ1) is 13.8. The summed E-state index contributed by atoms with van der Waals surface area (Å²) < 4.78 is 5.98. The molecule has 29 heavy (non-hydrogen) atoms. The molecular formula is C18H13ClIN3O5S. The zero-order valence-electron chi connectivity index (χ0n) is 14.8. The monoisotopic (exact) mass is 545 g/mol. The van der Waals surface area contributed by atoms with Gasteiger partial charge in [0, 0.05) is 11.1 Å². The van der Waals surface area contributed by atoms with Crippen molar-refractivity contribution in [3.63, 3.8) is 0 Å². The van der Waals surface area contributed by atoms with Crippen molar-refractivity contribution in [2.75, 3.05) is 6.61 Å². The minimum atomic E-state index is -0.586. The Morgan fingerprint density at radius 2 is 2.17 bits per heavy atom. The van der Waals surface area contributed by atoms with E-state index in [1.54, 1.807) is 25.1 Å². The summed E-state index contributed by atoms with van der Waals surface area (Å²) in [7, 11) is 0. The first kappa shape index (κ1) is 21.4. The molecule has 2 aromatic carbocycles. The molecule has 8 nitrogen and oxygen atoms in total. The fourth-order valence-electron chi connectivity index (χ4n) is 2.42. The first-order valence-corrected chi connectivity index (χ1v) is 10.4. The number of aromatic hydroxyl groups is 1. The minimum Gasteiger partial charge on any atom is -0.504 e. The van der Waals surface area contributed by atoms with Crippen molar-refractivity contribution in [2.24, 2.45) is 4.99 Å². The van der Waals surface area contributed by atoms with Crippen molar-refractivity contribution in [1.82, 2.24) is 5.32 Å². The quantitative estimate of drug-likeness (QED) is 0.240. The number of carbonyl (C=O) groups is 1. The molecule has 2 aromatic rings. The number of phenolic OH excluding ortho intramolecular Hbond substituents is 1. The van der Waals surface area contributed by atoms with Gasteiger partial charge >= 0.3 is 0 Å². The average molecular weight is 546 g/mol. The smallest absolute Gasteiger partial charge is 0.296 e. The number of phenols is 1. The van der Waals surface area contributed by atoms with Crippen molar-refractivity contribution in [3.8, 4) is 11.5 Å². The number of benzene rings is 2. The lowest BCUT2D eigenvalue weighted by Crippen LogP contribution is -2.19. The highest BCUT2D eigenvalue weighted by Crippen LogP contribution is 2.36. The molecule has 2 N–H and O–H groups in total. The van der Waals surface area contributed by atoms with E-state index in [2.05, 4.69) is 10.3 Å². The molecule has 0 atom stereocenters. The summed E-state index contributed by atoms with van der Waals surface area (Å²) >= 11 is 8.83. The van der Waals surface area contributed by atoms with Gasteiger partial charge in [-0.25, -0.2) is 4.99 Å². The van der Waals surface area contributed by atoms with E-state index in [1.165, 1.54) is 18.2 Å². The number of carbonyl (C=O) groups excluding carboxylic acids is 1. The second-order valence-corrected chi connectivity index (χ2v) is 8.28. The van der Waals surface area contributed by atoms with E-state index in [0.29, 0.717) is 26.4 Å². The van der Waals surface area contributed by atoms with Crippen molar-refractivity contribution >= 4 is 74.5 Å². The summed E-state index contributed by atoms with van der Waals surface area (Å²) in [6.07, 6.45) is 1.63. The van der Waals surface area contributed by atoms with Crippen LogP contribution in [0.5, 0.6) is 11.5 Å². The molecule has 1 saturated heterocycles. The summed E-state index contributed by atoms with van der Waals surface area (Å²) in [5.41, 5.74) is 0.486. The third-order valence-corrected chi connectivity index (χ3v) is 5.62. The number of nitro benzene ring substituents is 1. The molecule has 0 saturated carbocycles. The summed E-state index contributed by atoms with van der Waals surface area (Å²) in [6, 6.07) is 7.44. The number of nitrogens with zero attached hydrogens (tertiary/aromatic N) is 2. The maximum Gasteiger partial charge on any atom is 0.296 e. The van der Waals surface area contributed by atoms with Crippen LogP contribution in [0.4, 0.5) is 11.4 Å². The Kier molecular flexibility index (Phi) is 6.65. The standard InChI is InChI=1S/C18H13ClIN3O5S/c1-2-28-14-6-9(5-11(20)16(14)24)7-15-17(25)22-18(29-15)21-12-4-3-10(19)8-13(12)23(26)27/h3-8,24H,2H2,1H3,(H,21,22,25)/b15-7+. The molecule has 0 aromatic heterocycles. The molecule has 1 aliphatic rings. The summed E-state index contributed by atoms with van der Waals surface area (Å²) in [5.74, 6) is -0.0258. The van der Waals surface area contributed by atoms with Crippen LogP contribution in [0.15, 0.2) is 40.2 Å². The number of rotatable bonds is 5. The van der Waals surface area contributed by atoms with Gasteiger partial charge in [0.1, 0.15) is 5.69 Å². The van der Waals surface area contributed by atoms with Crippen LogP contribution in [-0.2, 0) is 4.79 Å². The molecule has 1 amide bonds. The SMILES string of the molecule is CCOc1cc(/C=C2/SC(=Nc3ccc(Cl)cc3[N+](=O)[O-])NC2=O)cc(I)c1O. The molecular weight excluding hydrogens is 533 g/mol. The third kappa shape index (κ3) is 5.00. The molecule has 0 bridgehead atoms. The zero-order valence-corrected chi connectivity index (χ0v) is 18.5. The normalized spacial score (nSPS) is 16.3. The highest BCUT2D eigenvalue weighted by atomic mass is 127. The fraction of sp³-hybridized carbons (Fsp3) is 0.111. The fourth-order valence-corrected chi connectivity index (χ4v) is 4.05. The largest absolute Gasteiger partial charge is 0.504 e. The van der Waals surface area contributed by atoms with E-state index in [-0.39, 0.29) is 33.2 Å². The van der Waals surface area contributed by atoms with E-state index >= 15 is 0 Å². The Morgan fingerprint density at radius 3 is 2.86 bits per heavy atom. The van der Waals surface area contributed by atoms with Crippen molar-refractivity contribution in [1.29, 1.82) is 0 Å². The van der Waals surface area contributed by atoms with Crippen molar-refractivity contribution in [2.45, 2.75) is 6.92 Å². The predicted octanol–water partition coefficient (Wildman–Crippen LogP) is 4.85. The number of nitrogens with one attached hydrogen (secondary N) is 1. The van der Waals surface area contributed by atoms with Crippen LogP contribution in [-0.4, -0.2) is 27.7 Å². The Balaban J connectivity index is 1.92. The summed E-state index contributed by atoms with van der Waals surface area (Å²) in [5, 5.41) is 24.3. The Hall–Kier alpha value is -2.31. The van der Waals surface area contributed by atoms with Gasteiger partial charge in [-0.3, -0.25) is 14.9 Å². The zero-order chi connectivity index (χ0) is 21.1. The van der Waals surface area contributed by atoms with Gasteiger partial charge in [0.15, 0.2) is 16.7 Å². The van der Waals surface area contributed by atoms with Crippen LogP contribution in [0, 0.1) is 13.7 Å². The minimum absolute atomic E-state index is 0.0374. The lowest BCUT2D eigenvalue weighted by atomic mass is 10.2. The molecule has 1 aliphatic heterocycles. The van der Waals surface area contributed by atoms with Crippen LogP contribution in [0.3, 0.4) is 0 Å². The van der Waals surface area contributed by atoms with Gasteiger partial charge in [-0.2, -0.15) is 0 Å². The molecule has 0 unspecified atom stereocenters. The number of halogens is 2. The number of amides is 1. The maximum atomic E-state index is 12.3. The third-order valence-electron chi connectivity index (χ3n) is 3.66. The van der Waals surface area contributed by atoms with Gasteiger partial charge in [0.05, 0.1) is 20.0 Å². The Bertz CT molecular complexity index is 1070. The van der Waals surface area contributed by atoms with Crippen LogP contribution in [0.25, 0.3) is 6.08 Å². The molecule has 11 heteroatoms. The van der Waals surface area contributed by atoms with Gasteiger partial charge in [-0.05, 0) is 77.2 Å². The van der Waals surface area contributed by atoms with Gasteiger partial charge in [-0.1, -0.05) is 11.6 Å². The maximum absolute atomic E-state index is 12.3. The topological polar surface area (TPSA) is 114 Å². The van der Waals surface area contributed by atoms with E-state index in [4.69, 9.17) is 16.3 Å². The molecule has 1 fully saturated rings. The predicted molar refractivity (Wildman–Crippen MR) is 121 cm³/mol. The van der Waals surface area contributed by atoms with Gasteiger partial charge < -0.3 is 15.2 Å². The van der Waals surface area contributed by atoms with Gasteiger partial charge in [0.2, 0.25) is 0 Å². The average Bonchev–Trinajstić information content (AvgIpc) is 2.99. The molecule has 0 aliphatic carbocycles. The molecule has 0 spiro atoms. The van der Waals surface area contributed by atoms with Crippen molar-refractivity contribution in [3.05, 3.63) is 59.5 Å². The highest BCUT2D eigenvalue weighted by molar-refractivity contribution is 14.1. The number of aliphatic imine (C=N–C) groups is 1. The molecule has 150 valence electrons. The molecule has 3 rings (SSSR count). The van der Waals surface area contributed by atoms with Crippen LogP contribution in [0.2, 0.25) is 5.02 Å². The van der Waals surface area contributed by atoms with Gasteiger partial charge in [-0.15, -0.1) is 0 Å². The van der Waals surface area contributed by atoms with E-state index in [1.807, 2.05) is 22.6 Å². The molecule has 1 heterocycles. The number of nitro groups is 1. The van der Waals surface area contributed by atoms with E-state index in [9.17, 15) is 20.0 Å². The second-order valence-electron chi connectivity index (χ2n) is 5.65. The van der Waals surface area contributed by atoms with Gasteiger partial charge in [0.25, 0.3) is 11.6 Å². The number of hydrogen-bond acceptors (Lipinski definition) is 7. The number of thioether (sulfide) groups is 1. The van der Waals surface area contributed by atoms with Crippen LogP contribution >= 0.6 is 46.0 Å². The molecule has 0 radical (unpaired) electrons. The number of hydrogen-bond donors (Lipinski definition) is 2. The summed E-state index contributed by atoms with van der Waals surface area (Å²) in [4.78, 5) is 27.4. The van der Waals surface area contributed by atoms with Crippen molar-refractivity contribution < 1.29 is 19.6 Å². The Labute approximate surface area is 188 Å². The van der Waals surface area contributed by atoms with E-state index < -0.39 is 4.92 Å². The van der Waals surface area contributed by atoms with Crippen LogP contribution in [0.1, 0.15) is 12.5 Å². The highest BCUT2D eigenvalue weighted by Gasteiger charge is 2.25. The van der Waals surface area contributed by atoms with E-state index in [0.717, 1.165) is 11.8 Å².